The van der Waals surface area contributed by atoms with Crippen molar-refractivity contribution in [2.24, 2.45) is 5.92 Å². The molecule has 1 saturated carbocycles. The van der Waals surface area contributed by atoms with Crippen molar-refractivity contribution in [3.63, 3.8) is 0 Å². The second kappa shape index (κ2) is 6.80. The fourth-order valence-electron chi connectivity index (χ4n) is 2.89. The monoisotopic (exact) mass is 232 g/mol. The average Bonchev–Trinajstić information content (AvgIpc) is 2.66. The summed E-state index contributed by atoms with van der Waals surface area (Å²) in [7, 11) is 0. The largest absolute Gasteiger partial charge is 0.393 e. The first kappa shape index (κ1) is 12.6. The Bertz CT molecular complexity index is 299. The molecule has 1 aliphatic carbocycles. The minimum atomic E-state index is -0.0895. The van der Waals surface area contributed by atoms with Gasteiger partial charge >= 0.3 is 0 Å². The lowest BCUT2D eigenvalue weighted by Crippen LogP contribution is -2.20. The van der Waals surface area contributed by atoms with E-state index in [1.165, 1.54) is 44.1 Å². The maximum absolute atomic E-state index is 10.3. The maximum Gasteiger partial charge on any atom is 0.0571 e. The van der Waals surface area contributed by atoms with Gasteiger partial charge in [0.15, 0.2) is 0 Å². The van der Waals surface area contributed by atoms with Crippen molar-refractivity contribution in [3.8, 4) is 0 Å². The van der Waals surface area contributed by atoms with Gasteiger partial charge < -0.3 is 5.11 Å². The van der Waals surface area contributed by atoms with Gasteiger partial charge in [-0.1, -0.05) is 56.0 Å². The van der Waals surface area contributed by atoms with Crippen LogP contribution in [0.1, 0.15) is 50.5 Å². The topological polar surface area (TPSA) is 20.2 Å². The summed E-state index contributed by atoms with van der Waals surface area (Å²) in [6, 6.07) is 10.5. The van der Waals surface area contributed by atoms with E-state index >= 15 is 0 Å². The number of aliphatic hydroxyl groups is 1. The molecule has 0 radical (unpaired) electrons. The lowest BCUT2D eigenvalue weighted by Gasteiger charge is -2.21. The molecule has 0 aromatic heterocycles. The Morgan fingerprint density at radius 2 is 1.65 bits per heavy atom. The summed E-state index contributed by atoms with van der Waals surface area (Å²) in [6.45, 7) is 0. The van der Waals surface area contributed by atoms with Crippen molar-refractivity contribution in [2.75, 3.05) is 0 Å². The standard InChI is InChI=1S/C16H24O/c17-16(15-10-6-1-2-7-11-15)13-12-14-8-4-3-5-9-14/h3-5,8-9,15-17H,1-2,6-7,10-13H2. The van der Waals surface area contributed by atoms with E-state index in [4.69, 9.17) is 0 Å². The van der Waals surface area contributed by atoms with E-state index in [9.17, 15) is 5.11 Å². The highest BCUT2D eigenvalue weighted by atomic mass is 16.3. The van der Waals surface area contributed by atoms with E-state index in [1.807, 2.05) is 6.07 Å². The summed E-state index contributed by atoms with van der Waals surface area (Å²) < 4.78 is 0. The highest BCUT2D eigenvalue weighted by Crippen LogP contribution is 2.27. The molecule has 1 unspecified atom stereocenters. The van der Waals surface area contributed by atoms with E-state index in [2.05, 4.69) is 24.3 Å². The van der Waals surface area contributed by atoms with Gasteiger partial charge in [0.05, 0.1) is 6.10 Å². The lowest BCUT2D eigenvalue weighted by atomic mass is 9.90. The van der Waals surface area contributed by atoms with Crippen LogP contribution in [0.25, 0.3) is 0 Å². The van der Waals surface area contributed by atoms with E-state index in [0.29, 0.717) is 5.92 Å². The molecule has 1 atom stereocenters. The SMILES string of the molecule is OC(CCc1ccccc1)C1CCCCCC1. The molecule has 0 amide bonds. The number of rotatable bonds is 4. The number of hydrogen-bond donors (Lipinski definition) is 1. The van der Waals surface area contributed by atoms with Crippen molar-refractivity contribution in [1.82, 2.24) is 0 Å². The van der Waals surface area contributed by atoms with E-state index in [0.717, 1.165) is 12.8 Å². The van der Waals surface area contributed by atoms with Gasteiger partial charge in [0.25, 0.3) is 0 Å². The zero-order valence-corrected chi connectivity index (χ0v) is 10.6. The summed E-state index contributed by atoms with van der Waals surface area (Å²) >= 11 is 0. The highest BCUT2D eigenvalue weighted by Gasteiger charge is 2.20. The van der Waals surface area contributed by atoms with E-state index in [1.54, 1.807) is 0 Å². The van der Waals surface area contributed by atoms with Crippen molar-refractivity contribution in [3.05, 3.63) is 35.9 Å². The maximum atomic E-state index is 10.3. The minimum Gasteiger partial charge on any atom is -0.393 e. The first-order valence-corrected chi connectivity index (χ1v) is 7.08. The molecule has 17 heavy (non-hydrogen) atoms. The van der Waals surface area contributed by atoms with Crippen molar-refractivity contribution < 1.29 is 5.11 Å². The van der Waals surface area contributed by atoms with Crippen LogP contribution in [0.5, 0.6) is 0 Å². The molecular formula is C16H24O. The van der Waals surface area contributed by atoms with Crippen LogP contribution in [-0.4, -0.2) is 11.2 Å². The fraction of sp³-hybridized carbons (Fsp3) is 0.625. The van der Waals surface area contributed by atoms with Gasteiger partial charge in [0.2, 0.25) is 0 Å². The van der Waals surface area contributed by atoms with Gasteiger partial charge in [-0.05, 0) is 37.2 Å². The summed E-state index contributed by atoms with van der Waals surface area (Å²) in [4.78, 5) is 0. The van der Waals surface area contributed by atoms with Crippen LogP contribution in [0.4, 0.5) is 0 Å². The van der Waals surface area contributed by atoms with Crippen LogP contribution in [0.2, 0.25) is 0 Å². The lowest BCUT2D eigenvalue weighted by molar-refractivity contribution is 0.0904. The first-order chi connectivity index (χ1) is 8.36. The molecule has 0 spiro atoms. The Morgan fingerprint density at radius 3 is 2.29 bits per heavy atom. The molecule has 94 valence electrons. The van der Waals surface area contributed by atoms with Crippen LogP contribution >= 0.6 is 0 Å². The number of aliphatic hydroxyl groups excluding tert-OH is 1. The Labute approximate surface area is 105 Å². The second-order valence-electron chi connectivity index (χ2n) is 5.34. The van der Waals surface area contributed by atoms with Gasteiger partial charge in [0, 0.05) is 0 Å². The fourth-order valence-corrected chi connectivity index (χ4v) is 2.89. The smallest absolute Gasteiger partial charge is 0.0571 e. The molecule has 1 aromatic rings. The number of benzene rings is 1. The second-order valence-corrected chi connectivity index (χ2v) is 5.34. The van der Waals surface area contributed by atoms with Gasteiger partial charge in [-0.2, -0.15) is 0 Å². The Kier molecular flexibility index (Phi) is 5.06. The number of hydrogen-bond acceptors (Lipinski definition) is 1. The summed E-state index contributed by atoms with van der Waals surface area (Å²) in [6.07, 6.45) is 9.66. The predicted octanol–water partition coefficient (Wildman–Crippen LogP) is 3.95. The van der Waals surface area contributed by atoms with Gasteiger partial charge in [-0.25, -0.2) is 0 Å². The average molecular weight is 232 g/mol. The molecule has 0 bridgehead atoms. The molecule has 2 rings (SSSR count). The molecule has 1 aliphatic rings. The molecule has 1 nitrogen and oxygen atoms in total. The van der Waals surface area contributed by atoms with Crippen LogP contribution in [0.15, 0.2) is 30.3 Å². The summed E-state index contributed by atoms with van der Waals surface area (Å²) in [5.41, 5.74) is 1.35. The molecular weight excluding hydrogens is 208 g/mol. The summed E-state index contributed by atoms with van der Waals surface area (Å²) in [5, 5.41) is 10.3. The van der Waals surface area contributed by atoms with Crippen LogP contribution < -0.4 is 0 Å². The predicted molar refractivity (Wildman–Crippen MR) is 72.0 cm³/mol. The van der Waals surface area contributed by atoms with Gasteiger partial charge in [-0.3, -0.25) is 0 Å². The molecule has 0 heterocycles. The highest BCUT2D eigenvalue weighted by molar-refractivity contribution is 5.14. The third kappa shape index (κ3) is 4.16. The minimum absolute atomic E-state index is 0.0895. The molecule has 0 aliphatic heterocycles. The molecule has 1 heteroatoms. The van der Waals surface area contributed by atoms with Gasteiger partial charge in [0.1, 0.15) is 0 Å². The van der Waals surface area contributed by atoms with Gasteiger partial charge in [-0.15, -0.1) is 0 Å². The molecule has 1 fully saturated rings. The first-order valence-electron chi connectivity index (χ1n) is 7.08. The third-order valence-electron chi connectivity index (χ3n) is 4.02. The van der Waals surface area contributed by atoms with Crippen molar-refractivity contribution in [2.45, 2.75) is 57.5 Å². The van der Waals surface area contributed by atoms with Crippen LogP contribution in [0.3, 0.4) is 0 Å². The molecule has 1 aromatic carbocycles. The normalized spacial score (nSPS) is 19.8. The Morgan fingerprint density at radius 1 is 1.00 bits per heavy atom. The van der Waals surface area contributed by atoms with E-state index < -0.39 is 0 Å². The summed E-state index contributed by atoms with van der Waals surface area (Å²) in [5.74, 6) is 0.557. The zero-order chi connectivity index (χ0) is 11.9. The van der Waals surface area contributed by atoms with Crippen LogP contribution in [0, 0.1) is 5.92 Å². The zero-order valence-electron chi connectivity index (χ0n) is 10.6. The van der Waals surface area contributed by atoms with Crippen molar-refractivity contribution in [1.29, 1.82) is 0 Å². The van der Waals surface area contributed by atoms with Crippen LogP contribution in [-0.2, 0) is 6.42 Å². The Hall–Kier alpha value is -0.820. The Balaban J connectivity index is 1.78. The van der Waals surface area contributed by atoms with E-state index in [-0.39, 0.29) is 6.10 Å². The van der Waals surface area contributed by atoms with Crippen molar-refractivity contribution >= 4 is 0 Å². The quantitative estimate of drug-likeness (QED) is 0.779. The number of aryl methyl sites for hydroxylation is 1. The molecule has 1 N–H and O–H groups in total. The molecule has 0 saturated heterocycles. The third-order valence-corrected chi connectivity index (χ3v) is 4.02.